The molecule has 82 valence electrons. The molecule has 6 nitrogen and oxygen atoms in total. The molecule has 14 heavy (non-hydrogen) atoms. The number of aliphatic hydroxyl groups is 2. The van der Waals surface area contributed by atoms with Crippen molar-refractivity contribution in [3.05, 3.63) is 0 Å². The van der Waals surface area contributed by atoms with E-state index in [0.29, 0.717) is 0 Å². The van der Waals surface area contributed by atoms with Crippen molar-refractivity contribution in [2.75, 3.05) is 0 Å². The lowest BCUT2D eigenvalue weighted by atomic mass is 9.79. The highest BCUT2D eigenvalue weighted by atomic mass is 16.5. The molecule has 4 N–H and O–H groups in total. The topological polar surface area (TPSA) is 115 Å². The Kier molecular flexibility index (Phi) is 3.61. The van der Waals surface area contributed by atoms with Crippen molar-refractivity contribution in [3.8, 4) is 0 Å². The van der Waals surface area contributed by atoms with Gasteiger partial charge >= 0.3 is 11.9 Å². The number of carbonyl (C=O) groups is 2. The van der Waals surface area contributed by atoms with Crippen molar-refractivity contribution in [1.82, 2.24) is 0 Å². The van der Waals surface area contributed by atoms with Gasteiger partial charge in [-0.15, -0.1) is 0 Å². The first-order valence-corrected chi connectivity index (χ1v) is 4.17. The van der Waals surface area contributed by atoms with Crippen LogP contribution in [0.4, 0.5) is 0 Å². The van der Waals surface area contributed by atoms with Gasteiger partial charge in [0, 0.05) is 0 Å². The van der Waals surface area contributed by atoms with E-state index in [1.807, 2.05) is 0 Å². The minimum atomic E-state index is -2.66. The monoisotopic (exact) mass is 206 g/mol. The molecule has 2 atom stereocenters. The lowest BCUT2D eigenvalue weighted by molar-refractivity contribution is -0.208. The largest absolute Gasteiger partial charge is 0.479 e. The highest BCUT2D eigenvalue weighted by molar-refractivity contribution is 5.90. The van der Waals surface area contributed by atoms with Crippen LogP contribution in [0.5, 0.6) is 0 Å². The molecule has 0 aromatic rings. The van der Waals surface area contributed by atoms with E-state index in [0.717, 1.165) is 0 Å². The molecule has 0 radical (unpaired) electrons. The summed E-state index contributed by atoms with van der Waals surface area (Å²) >= 11 is 0. The van der Waals surface area contributed by atoms with E-state index < -0.39 is 23.1 Å². The van der Waals surface area contributed by atoms with E-state index in [1.165, 1.54) is 13.8 Å². The van der Waals surface area contributed by atoms with Gasteiger partial charge in [0.25, 0.3) is 0 Å². The maximum atomic E-state index is 10.7. The van der Waals surface area contributed by atoms with Gasteiger partial charge in [0.15, 0.2) is 0 Å². The van der Waals surface area contributed by atoms with Crippen LogP contribution in [0, 0.1) is 0 Å². The summed E-state index contributed by atoms with van der Waals surface area (Å²) in [7, 11) is 0. The molecule has 0 fully saturated rings. The molecule has 0 aromatic carbocycles. The van der Waals surface area contributed by atoms with Crippen LogP contribution in [0.2, 0.25) is 0 Å². The van der Waals surface area contributed by atoms with Crippen LogP contribution < -0.4 is 0 Å². The molecule has 0 heterocycles. The van der Waals surface area contributed by atoms with Crippen molar-refractivity contribution in [3.63, 3.8) is 0 Å². The molecule has 0 bridgehead atoms. The molecule has 6 heteroatoms. The smallest absolute Gasteiger partial charge is 0.339 e. The fraction of sp³-hybridized carbons (Fsp3) is 0.750. The highest BCUT2D eigenvalue weighted by Gasteiger charge is 2.58. The number of carboxylic acid groups (broad SMARTS) is 2. The van der Waals surface area contributed by atoms with Crippen molar-refractivity contribution in [2.45, 2.75) is 37.9 Å². The number of rotatable bonds is 5. The third kappa shape index (κ3) is 1.58. The Hall–Kier alpha value is -1.14. The maximum Gasteiger partial charge on any atom is 0.339 e. The van der Waals surface area contributed by atoms with Crippen molar-refractivity contribution in [1.29, 1.82) is 0 Å². The SMILES string of the molecule is CC[C@@](O)(C(=O)O)[C@@](O)(CC)C(=O)O. The summed E-state index contributed by atoms with van der Waals surface area (Å²) in [4.78, 5) is 21.4. The van der Waals surface area contributed by atoms with E-state index in [-0.39, 0.29) is 12.8 Å². The van der Waals surface area contributed by atoms with Gasteiger partial charge in [0.05, 0.1) is 0 Å². The highest BCUT2D eigenvalue weighted by Crippen LogP contribution is 2.29. The molecular weight excluding hydrogens is 192 g/mol. The Bertz CT molecular complexity index is 224. The summed E-state index contributed by atoms with van der Waals surface area (Å²) in [5, 5.41) is 36.5. The average molecular weight is 206 g/mol. The molecule has 0 rings (SSSR count). The first-order chi connectivity index (χ1) is 6.26. The molecule has 0 aliphatic heterocycles. The Morgan fingerprint density at radius 1 is 0.929 bits per heavy atom. The third-order valence-corrected chi connectivity index (χ3v) is 2.42. The van der Waals surface area contributed by atoms with Crippen LogP contribution in [0.3, 0.4) is 0 Å². The lowest BCUT2D eigenvalue weighted by Crippen LogP contribution is -2.63. The second-order valence-electron chi connectivity index (χ2n) is 3.04. The fourth-order valence-corrected chi connectivity index (χ4v) is 1.24. The van der Waals surface area contributed by atoms with Crippen molar-refractivity contribution in [2.24, 2.45) is 0 Å². The van der Waals surface area contributed by atoms with E-state index in [2.05, 4.69) is 0 Å². The second-order valence-corrected chi connectivity index (χ2v) is 3.04. The van der Waals surface area contributed by atoms with Crippen LogP contribution in [-0.2, 0) is 9.59 Å². The minimum absolute atomic E-state index is 0.390. The first-order valence-electron chi connectivity index (χ1n) is 4.17. The van der Waals surface area contributed by atoms with Gasteiger partial charge < -0.3 is 20.4 Å². The molecule has 0 saturated carbocycles. The zero-order valence-corrected chi connectivity index (χ0v) is 8.02. The standard InChI is InChI=1S/C8H14O6/c1-3-7(13,5(9)10)8(14,4-2)6(11)12/h13-14H,3-4H2,1-2H3,(H,9,10)(H,11,12)/t7-,8-/m1/s1. The van der Waals surface area contributed by atoms with Gasteiger partial charge in [-0.3, -0.25) is 0 Å². The van der Waals surface area contributed by atoms with E-state index in [1.54, 1.807) is 0 Å². The van der Waals surface area contributed by atoms with Crippen LogP contribution in [0.25, 0.3) is 0 Å². The molecule has 0 saturated heterocycles. The number of hydrogen-bond acceptors (Lipinski definition) is 4. The summed E-state index contributed by atoms with van der Waals surface area (Å²) < 4.78 is 0. The van der Waals surface area contributed by atoms with Crippen LogP contribution in [-0.4, -0.2) is 43.6 Å². The molecular formula is C8H14O6. The van der Waals surface area contributed by atoms with Crippen molar-refractivity contribution < 1.29 is 30.0 Å². The second kappa shape index (κ2) is 3.93. The molecule has 0 aliphatic rings. The summed E-state index contributed by atoms with van der Waals surface area (Å²) in [6, 6.07) is 0. The molecule has 0 unspecified atom stereocenters. The Balaban J connectivity index is 5.37. The maximum absolute atomic E-state index is 10.7. The first kappa shape index (κ1) is 12.9. The minimum Gasteiger partial charge on any atom is -0.479 e. The van der Waals surface area contributed by atoms with Crippen LogP contribution in [0.1, 0.15) is 26.7 Å². The van der Waals surface area contributed by atoms with Gasteiger partial charge in [-0.25, -0.2) is 9.59 Å². The third-order valence-electron chi connectivity index (χ3n) is 2.42. The Morgan fingerprint density at radius 3 is 1.21 bits per heavy atom. The Labute approximate surface area is 80.8 Å². The summed E-state index contributed by atoms with van der Waals surface area (Å²) in [5.41, 5.74) is -5.32. The van der Waals surface area contributed by atoms with Gasteiger partial charge in [-0.1, -0.05) is 13.8 Å². The van der Waals surface area contributed by atoms with E-state index >= 15 is 0 Å². The van der Waals surface area contributed by atoms with Crippen LogP contribution >= 0.6 is 0 Å². The van der Waals surface area contributed by atoms with Crippen molar-refractivity contribution >= 4 is 11.9 Å². The number of aliphatic carboxylic acids is 2. The summed E-state index contributed by atoms with van der Waals surface area (Å²) in [6.45, 7) is 2.58. The van der Waals surface area contributed by atoms with Crippen LogP contribution in [0.15, 0.2) is 0 Å². The van der Waals surface area contributed by atoms with E-state index in [9.17, 15) is 19.8 Å². The fourth-order valence-electron chi connectivity index (χ4n) is 1.24. The average Bonchev–Trinajstić information content (AvgIpc) is 2.14. The molecule has 0 spiro atoms. The quantitative estimate of drug-likeness (QED) is 0.479. The Morgan fingerprint density at radius 2 is 1.14 bits per heavy atom. The molecule has 0 amide bonds. The zero-order chi connectivity index (χ0) is 11.6. The van der Waals surface area contributed by atoms with Gasteiger partial charge in [-0.05, 0) is 12.8 Å². The van der Waals surface area contributed by atoms with Gasteiger partial charge in [-0.2, -0.15) is 0 Å². The number of hydrogen-bond donors (Lipinski definition) is 4. The summed E-state index contributed by atoms with van der Waals surface area (Å²) in [5.74, 6) is -3.49. The zero-order valence-electron chi connectivity index (χ0n) is 8.02. The summed E-state index contributed by atoms with van der Waals surface area (Å²) in [6.07, 6.45) is -0.780. The molecule has 0 aliphatic carbocycles. The predicted octanol–water partition coefficient (Wildman–Crippen LogP) is -0.562. The van der Waals surface area contributed by atoms with Gasteiger partial charge in [0.1, 0.15) is 0 Å². The lowest BCUT2D eigenvalue weighted by Gasteiger charge is -2.35. The predicted molar refractivity (Wildman–Crippen MR) is 45.8 cm³/mol. The number of carboxylic acids is 2. The normalized spacial score (nSPS) is 19.4. The van der Waals surface area contributed by atoms with E-state index in [4.69, 9.17) is 10.2 Å². The van der Waals surface area contributed by atoms with Gasteiger partial charge in [0.2, 0.25) is 11.2 Å². The molecule has 0 aromatic heterocycles.